The number of ether oxygens (including phenoxy) is 2. The molecule has 2 amide bonds. The van der Waals surface area contributed by atoms with Crippen molar-refractivity contribution in [3.63, 3.8) is 0 Å². The van der Waals surface area contributed by atoms with Gasteiger partial charge < -0.3 is 30.3 Å². The number of hydrogen-bond acceptors (Lipinski definition) is 12. The predicted octanol–water partition coefficient (Wildman–Crippen LogP) is 3.08. The van der Waals surface area contributed by atoms with E-state index < -0.39 is 77.8 Å². The van der Waals surface area contributed by atoms with Gasteiger partial charge in [0.1, 0.15) is 22.9 Å². The van der Waals surface area contributed by atoms with E-state index in [2.05, 4.69) is 23.8 Å². The summed E-state index contributed by atoms with van der Waals surface area (Å²) < 4.78 is 37.1. The van der Waals surface area contributed by atoms with Gasteiger partial charge in [-0.3, -0.25) is 19.2 Å². The maximum atomic E-state index is 13.8. The van der Waals surface area contributed by atoms with Crippen LogP contribution in [-0.2, 0) is 48.1 Å². The molecule has 15 heteroatoms. The summed E-state index contributed by atoms with van der Waals surface area (Å²) >= 11 is 0. The zero-order chi connectivity index (χ0) is 35.3. The second-order valence-electron chi connectivity index (χ2n) is 9.71. The highest BCUT2D eigenvalue weighted by molar-refractivity contribution is 7.91. The molecule has 2 aromatic carbocycles. The number of allylic oxidation sites excluding steroid dienone is 2. The molecule has 0 atom stereocenters. The molecule has 0 saturated carbocycles. The number of nitrogens with one attached hydrogen (secondary N) is 2. The number of hydrogen-bond donors (Lipinski definition) is 4. The third-order valence-corrected chi connectivity index (χ3v) is 7.62. The molecule has 0 fully saturated rings. The summed E-state index contributed by atoms with van der Waals surface area (Å²) in [5.41, 5.74) is -0.851. The van der Waals surface area contributed by atoms with E-state index >= 15 is 0 Å². The first-order chi connectivity index (χ1) is 22.0. The van der Waals surface area contributed by atoms with Crippen LogP contribution in [0.5, 0.6) is 11.5 Å². The molecule has 4 N–H and O–H groups in total. The average Bonchev–Trinajstić information content (AvgIpc) is 3.00. The van der Waals surface area contributed by atoms with Gasteiger partial charge in [0.05, 0.1) is 23.0 Å². The first-order valence-electron chi connectivity index (χ1n) is 13.6. The van der Waals surface area contributed by atoms with Gasteiger partial charge in [-0.05, 0) is 50.3 Å². The molecule has 2 rings (SSSR count). The van der Waals surface area contributed by atoms with E-state index in [1.165, 1.54) is 26.0 Å². The van der Waals surface area contributed by atoms with Crippen LogP contribution < -0.4 is 10.6 Å². The molecule has 0 spiro atoms. The van der Waals surface area contributed by atoms with Gasteiger partial charge in [0, 0.05) is 36.1 Å². The Bertz CT molecular complexity index is 1670. The molecule has 0 aliphatic rings. The fourth-order valence-corrected chi connectivity index (χ4v) is 5.03. The SMILES string of the molecule is C=C(C)C(=O)OCCC(=O)/C=C/C(=O)Nc1c(O)cccc1S(=O)(=O)c1cccc(O)c1NC(=O)/C=C/C(=O)CCOC(=O)C(=C)C. The van der Waals surface area contributed by atoms with E-state index in [4.69, 9.17) is 9.47 Å². The molecule has 0 aromatic heterocycles. The van der Waals surface area contributed by atoms with Crippen molar-refractivity contribution in [3.8, 4) is 11.5 Å². The quantitative estimate of drug-likeness (QED) is 0.115. The molecular formula is C32H32N2O12S. The van der Waals surface area contributed by atoms with Gasteiger partial charge in [0.25, 0.3) is 0 Å². The summed E-state index contributed by atoms with van der Waals surface area (Å²) in [6.45, 7) is 9.14. The average molecular weight is 669 g/mol. The number of aromatic hydroxyl groups is 2. The number of anilines is 2. The van der Waals surface area contributed by atoms with Crippen LogP contribution in [0, 0.1) is 0 Å². The lowest BCUT2D eigenvalue weighted by Crippen LogP contribution is -2.16. The van der Waals surface area contributed by atoms with E-state index in [1.54, 1.807) is 0 Å². The highest BCUT2D eigenvalue weighted by Gasteiger charge is 2.28. The minimum atomic E-state index is -4.70. The van der Waals surface area contributed by atoms with Crippen LogP contribution in [0.1, 0.15) is 26.7 Å². The van der Waals surface area contributed by atoms with Gasteiger partial charge >= 0.3 is 11.9 Å². The first-order valence-corrected chi connectivity index (χ1v) is 15.1. The number of rotatable bonds is 16. The van der Waals surface area contributed by atoms with Crippen molar-refractivity contribution in [1.82, 2.24) is 0 Å². The number of esters is 2. The Kier molecular flexibility index (Phi) is 13.5. The number of ketones is 2. The molecular weight excluding hydrogens is 636 g/mol. The Morgan fingerprint density at radius 1 is 0.681 bits per heavy atom. The van der Waals surface area contributed by atoms with Crippen LogP contribution >= 0.6 is 0 Å². The highest BCUT2D eigenvalue weighted by Crippen LogP contribution is 2.39. The molecule has 248 valence electrons. The van der Waals surface area contributed by atoms with E-state index in [0.717, 1.165) is 48.6 Å². The van der Waals surface area contributed by atoms with Gasteiger partial charge in [-0.1, -0.05) is 25.3 Å². The van der Waals surface area contributed by atoms with Crippen LogP contribution in [0.2, 0.25) is 0 Å². The maximum Gasteiger partial charge on any atom is 0.333 e. The van der Waals surface area contributed by atoms with Gasteiger partial charge in [-0.25, -0.2) is 18.0 Å². The number of sulfone groups is 1. The van der Waals surface area contributed by atoms with Gasteiger partial charge in [-0.15, -0.1) is 0 Å². The molecule has 47 heavy (non-hydrogen) atoms. The predicted molar refractivity (Wildman–Crippen MR) is 168 cm³/mol. The number of amides is 2. The Balaban J connectivity index is 2.24. The van der Waals surface area contributed by atoms with Crippen LogP contribution in [0.15, 0.2) is 94.8 Å². The van der Waals surface area contributed by atoms with E-state index in [9.17, 15) is 47.4 Å². The third kappa shape index (κ3) is 11.2. The van der Waals surface area contributed by atoms with E-state index in [-0.39, 0.29) is 37.2 Å². The number of carbonyl (C=O) groups excluding carboxylic acids is 6. The van der Waals surface area contributed by atoms with Crippen molar-refractivity contribution in [2.24, 2.45) is 0 Å². The third-order valence-electron chi connectivity index (χ3n) is 5.79. The fourth-order valence-electron chi connectivity index (χ4n) is 3.43. The topological polar surface area (TPSA) is 220 Å². The van der Waals surface area contributed by atoms with Gasteiger partial charge in [0.15, 0.2) is 11.6 Å². The minimum absolute atomic E-state index is 0.141. The van der Waals surface area contributed by atoms with Crippen molar-refractivity contribution >= 4 is 56.5 Å². The normalized spacial score (nSPS) is 11.1. The van der Waals surface area contributed by atoms with Crippen LogP contribution in [0.4, 0.5) is 11.4 Å². The zero-order valence-electron chi connectivity index (χ0n) is 25.4. The monoisotopic (exact) mass is 668 g/mol. The Labute approximate surface area is 270 Å². The molecule has 0 aliphatic carbocycles. The molecule has 14 nitrogen and oxygen atoms in total. The van der Waals surface area contributed by atoms with Crippen molar-refractivity contribution < 1.29 is 56.9 Å². The molecule has 2 aromatic rings. The van der Waals surface area contributed by atoms with Crippen molar-refractivity contribution in [2.45, 2.75) is 36.5 Å². The lowest BCUT2D eigenvalue weighted by molar-refractivity contribution is -0.140. The standard InChI is InChI=1S/C32H32N2O12S/c1-19(2)31(41)45-17-15-21(35)11-13-27(39)33-29-23(37)7-5-9-25(29)47(43,44)26-10-6-8-24(38)30(26)34-28(40)14-12-22(36)16-18-46-32(42)20(3)4/h5-14,37-38H,1,3,15-18H2,2,4H3,(H,33,39)(H,34,40)/b13-11+,14-12+. The summed E-state index contributed by atoms with van der Waals surface area (Å²) in [6, 6.07) is 6.62. The van der Waals surface area contributed by atoms with Crippen LogP contribution in [-0.4, -0.2) is 67.2 Å². The zero-order valence-corrected chi connectivity index (χ0v) is 26.2. The Morgan fingerprint density at radius 3 is 1.38 bits per heavy atom. The van der Waals surface area contributed by atoms with Gasteiger partial charge in [0.2, 0.25) is 21.7 Å². The number of benzene rings is 2. The van der Waals surface area contributed by atoms with E-state index in [0.29, 0.717) is 0 Å². The largest absolute Gasteiger partial charge is 0.506 e. The van der Waals surface area contributed by atoms with Crippen molar-refractivity contribution in [1.29, 1.82) is 0 Å². The summed E-state index contributed by atoms with van der Waals surface area (Å²) in [6.07, 6.45) is 2.80. The summed E-state index contributed by atoms with van der Waals surface area (Å²) in [5, 5.41) is 25.3. The van der Waals surface area contributed by atoms with Crippen molar-refractivity contribution in [2.75, 3.05) is 23.8 Å². The number of carbonyl (C=O) groups is 6. The molecule has 0 heterocycles. The van der Waals surface area contributed by atoms with Gasteiger partial charge in [-0.2, -0.15) is 0 Å². The summed E-state index contributed by atoms with van der Waals surface area (Å²) in [7, 11) is -4.70. The number of phenolic OH excluding ortho intramolecular Hbond substituents is 2. The minimum Gasteiger partial charge on any atom is -0.506 e. The number of phenols is 2. The Morgan fingerprint density at radius 2 is 1.04 bits per heavy atom. The fraction of sp³-hybridized carbons (Fsp3) is 0.188. The summed E-state index contributed by atoms with van der Waals surface area (Å²) in [5.74, 6) is -5.88. The van der Waals surface area contributed by atoms with Crippen LogP contribution in [0.25, 0.3) is 0 Å². The molecule has 0 saturated heterocycles. The summed E-state index contributed by atoms with van der Waals surface area (Å²) in [4.78, 5) is 70.7. The Hall–Kier alpha value is -5.83. The molecule has 0 radical (unpaired) electrons. The smallest absolute Gasteiger partial charge is 0.333 e. The highest BCUT2D eigenvalue weighted by atomic mass is 32.2. The molecule has 0 aliphatic heterocycles. The van der Waals surface area contributed by atoms with Crippen molar-refractivity contribution in [3.05, 3.63) is 85.0 Å². The lowest BCUT2D eigenvalue weighted by Gasteiger charge is -2.16. The second kappa shape index (κ2) is 17.0. The second-order valence-corrected chi connectivity index (χ2v) is 11.6. The van der Waals surface area contributed by atoms with Crippen LogP contribution in [0.3, 0.4) is 0 Å². The first kappa shape index (κ1) is 37.4. The maximum absolute atomic E-state index is 13.8. The lowest BCUT2D eigenvalue weighted by atomic mass is 10.2. The number of para-hydroxylation sites is 2. The molecule has 0 unspecified atom stereocenters. The van der Waals surface area contributed by atoms with E-state index in [1.807, 2.05) is 0 Å². The molecule has 0 bridgehead atoms.